The number of aryl methyl sites for hydroxylation is 1. The molecule has 18 heavy (non-hydrogen) atoms. The first kappa shape index (κ1) is 13.5. The minimum Gasteiger partial charge on any atom is -0.380 e. The summed E-state index contributed by atoms with van der Waals surface area (Å²) in [7, 11) is 0. The van der Waals surface area contributed by atoms with Gasteiger partial charge in [0, 0.05) is 16.6 Å². The van der Waals surface area contributed by atoms with E-state index in [1.165, 1.54) is 0 Å². The van der Waals surface area contributed by atoms with Crippen molar-refractivity contribution in [3.05, 3.63) is 62.6 Å². The Morgan fingerprint density at radius 2 is 1.72 bits per heavy atom. The summed E-state index contributed by atoms with van der Waals surface area (Å²) >= 11 is 18.0. The van der Waals surface area contributed by atoms with Crippen LogP contribution in [-0.2, 0) is 6.54 Å². The molecule has 0 radical (unpaired) electrons. The van der Waals surface area contributed by atoms with E-state index in [2.05, 4.69) is 5.32 Å². The second-order valence-corrected chi connectivity index (χ2v) is 5.31. The zero-order chi connectivity index (χ0) is 13.1. The molecule has 0 unspecified atom stereocenters. The third-order valence-corrected chi connectivity index (χ3v) is 3.61. The number of benzene rings is 2. The number of hydrogen-bond donors (Lipinski definition) is 1. The number of anilines is 1. The van der Waals surface area contributed by atoms with Crippen molar-refractivity contribution in [1.82, 2.24) is 0 Å². The van der Waals surface area contributed by atoms with Crippen LogP contribution in [0.2, 0.25) is 15.1 Å². The molecule has 0 aromatic heterocycles. The van der Waals surface area contributed by atoms with Crippen LogP contribution in [0.25, 0.3) is 0 Å². The van der Waals surface area contributed by atoms with Gasteiger partial charge < -0.3 is 5.32 Å². The monoisotopic (exact) mass is 299 g/mol. The summed E-state index contributed by atoms with van der Waals surface area (Å²) in [5, 5.41) is 5.27. The smallest absolute Gasteiger partial charge is 0.0652 e. The van der Waals surface area contributed by atoms with E-state index in [9.17, 15) is 0 Å². The highest BCUT2D eigenvalue weighted by Crippen LogP contribution is 2.26. The minimum atomic E-state index is 0.612. The molecule has 0 atom stereocenters. The highest BCUT2D eigenvalue weighted by atomic mass is 35.5. The zero-order valence-electron chi connectivity index (χ0n) is 9.81. The molecular formula is C14H12Cl3N. The SMILES string of the molecule is Cc1ccc(CNc2ccc(Cl)cc2Cl)cc1Cl. The molecule has 2 rings (SSSR count). The van der Waals surface area contributed by atoms with Gasteiger partial charge in [-0.2, -0.15) is 0 Å². The van der Waals surface area contributed by atoms with Gasteiger partial charge in [-0.15, -0.1) is 0 Å². The summed E-state index contributed by atoms with van der Waals surface area (Å²) in [6, 6.07) is 11.4. The normalized spacial score (nSPS) is 10.4. The Labute approximate surface area is 122 Å². The van der Waals surface area contributed by atoms with Gasteiger partial charge >= 0.3 is 0 Å². The van der Waals surface area contributed by atoms with E-state index < -0.39 is 0 Å². The van der Waals surface area contributed by atoms with Crippen LogP contribution in [-0.4, -0.2) is 0 Å². The van der Waals surface area contributed by atoms with E-state index in [1.807, 2.05) is 31.2 Å². The summed E-state index contributed by atoms with van der Waals surface area (Å²) in [6.07, 6.45) is 0. The van der Waals surface area contributed by atoms with Crippen LogP contribution in [0.1, 0.15) is 11.1 Å². The Kier molecular flexibility index (Phi) is 4.39. The van der Waals surface area contributed by atoms with E-state index in [1.54, 1.807) is 12.1 Å². The fourth-order valence-electron chi connectivity index (χ4n) is 1.58. The van der Waals surface area contributed by atoms with Gasteiger partial charge in [0.05, 0.1) is 10.7 Å². The topological polar surface area (TPSA) is 12.0 Å². The average molecular weight is 301 g/mol. The second kappa shape index (κ2) is 5.83. The van der Waals surface area contributed by atoms with E-state index in [0.717, 1.165) is 21.8 Å². The number of hydrogen-bond acceptors (Lipinski definition) is 1. The van der Waals surface area contributed by atoms with Gasteiger partial charge in [0.2, 0.25) is 0 Å². The summed E-state index contributed by atoms with van der Waals surface area (Å²) in [5.74, 6) is 0. The Balaban J connectivity index is 2.09. The first-order valence-electron chi connectivity index (χ1n) is 5.50. The van der Waals surface area contributed by atoms with Crippen molar-refractivity contribution in [2.45, 2.75) is 13.5 Å². The van der Waals surface area contributed by atoms with Crippen molar-refractivity contribution in [2.75, 3.05) is 5.32 Å². The lowest BCUT2D eigenvalue weighted by Gasteiger charge is -2.09. The van der Waals surface area contributed by atoms with Crippen molar-refractivity contribution < 1.29 is 0 Å². The van der Waals surface area contributed by atoms with Crippen LogP contribution in [0.3, 0.4) is 0 Å². The summed E-state index contributed by atoms with van der Waals surface area (Å²) in [5.41, 5.74) is 3.04. The highest BCUT2D eigenvalue weighted by molar-refractivity contribution is 6.36. The maximum absolute atomic E-state index is 6.08. The van der Waals surface area contributed by atoms with Crippen molar-refractivity contribution in [2.24, 2.45) is 0 Å². The Bertz CT molecular complexity index is 567. The molecule has 0 spiro atoms. The number of nitrogens with one attached hydrogen (secondary N) is 1. The Morgan fingerprint density at radius 3 is 2.39 bits per heavy atom. The van der Waals surface area contributed by atoms with Crippen LogP contribution in [0, 0.1) is 6.92 Å². The second-order valence-electron chi connectivity index (χ2n) is 4.06. The highest BCUT2D eigenvalue weighted by Gasteiger charge is 2.02. The molecule has 0 bridgehead atoms. The molecule has 0 aliphatic rings. The third kappa shape index (κ3) is 3.32. The lowest BCUT2D eigenvalue weighted by molar-refractivity contribution is 1.14. The van der Waals surface area contributed by atoms with E-state index in [4.69, 9.17) is 34.8 Å². The van der Waals surface area contributed by atoms with Crippen molar-refractivity contribution in [3.8, 4) is 0 Å². The van der Waals surface area contributed by atoms with E-state index in [0.29, 0.717) is 16.6 Å². The molecule has 94 valence electrons. The van der Waals surface area contributed by atoms with Gasteiger partial charge in [0.15, 0.2) is 0 Å². The predicted molar refractivity (Wildman–Crippen MR) is 80.0 cm³/mol. The van der Waals surface area contributed by atoms with Gasteiger partial charge in [-0.3, -0.25) is 0 Å². The molecule has 0 amide bonds. The quantitative estimate of drug-likeness (QED) is 0.781. The molecule has 4 heteroatoms. The zero-order valence-corrected chi connectivity index (χ0v) is 12.1. The lowest BCUT2D eigenvalue weighted by Crippen LogP contribution is -2.00. The van der Waals surface area contributed by atoms with Gasteiger partial charge in [-0.25, -0.2) is 0 Å². The molecule has 1 nitrogen and oxygen atoms in total. The molecule has 0 saturated carbocycles. The van der Waals surface area contributed by atoms with Crippen LogP contribution >= 0.6 is 34.8 Å². The van der Waals surface area contributed by atoms with E-state index in [-0.39, 0.29) is 0 Å². The molecule has 2 aromatic carbocycles. The number of halogens is 3. The summed E-state index contributed by atoms with van der Waals surface area (Å²) in [4.78, 5) is 0. The van der Waals surface area contributed by atoms with E-state index >= 15 is 0 Å². The molecule has 0 aliphatic heterocycles. The van der Waals surface area contributed by atoms with Crippen molar-refractivity contribution in [3.63, 3.8) is 0 Å². The molecule has 2 aromatic rings. The fourth-order valence-corrected chi connectivity index (χ4v) is 2.25. The van der Waals surface area contributed by atoms with Crippen LogP contribution in [0.5, 0.6) is 0 Å². The maximum Gasteiger partial charge on any atom is 0.0652 e. The Hall–Kier alpha value is -0.890. The number of rotatable bonds is 3. The average Bonchev–Trinajstić information content (AvgIpc) is 2.32. The summed E-state index contributed by atoms with van der Waals surface area (Å²) < 4.78 is 0. The molecule has 0 fully saturated rings. The standard InChI is InChI=1S/C14H12Cl3N/c1-9-2-3-10(6-12(9)16)8-18-14-5-4-11(15)7-13(14)17/h2-7,18H,8H2,1H3. The van der Waals surface area contributed by atoms with Crippen molar-refractivity contribution >= 4 is 40.5 Å². The lowest BCUT2D eigenvalue weighted by atomic mass is 10.1. The first-order valence-corrected chi connectivity index (χ1v) is 6.63. The maximum atomic E-state index is 6.08. The predicted octanol–water partition coefficient (Wildman–Crippen LogP) is 5.57. The Morgan fingerprint density at radius 1 is 0.944 bits per heavy atom. The van der Waals surface area contributed by atoms with Gasteiger partial charge in [-0.05, 0) is 42.3 Å². The summed E-state index contributed by atoms with van der Waals surface area (Å²) in [6.45, 7) is 2.65. The van der Waals surface area contributed by atoms with Gasteiger partial charge in [0.25, 0.3) is 0 Å². The van der Waals surface area contributed by atoms with Crippen LogP contribution in [0.15, 0.2) is 36.4 Å². The molecule has 0 aliphatic carbocycles. The largest absolute Gasteiger partial charge is 0.380 e. The molecule has 0 saturated heterocycles. The van der Waals surface area contributed by atoms with Crippen LogP contribution in [0.4, 0.5) is 5.69 Å². The van der Waals surface area contributed by atoms with Gasteiger partial charge in [0.1, 0.15) is 0 Å². The van der Waals surface area contributed by atoms with Crippen LogP contribution < -0.4 is 5.32 Å². The molecular weight excluding hydrogens is 289 g/mol. The fraction of sp³-hybridized carbons (Fsp3) is 0.143. The minimum absolute atomic E-state index is 0.612. The molecule has 0 heterocycles. The van der Waals surface area contributed by atoms with Crippen molar-refractivity contribution in [1.29, 1.82) is 0 Å². The molecule has 1 N–H and O–H groups in total. The first-order chi connectivity index (χ1) is 8.56. The van der Waals surface area contributed by atoms with Gasteiger partial charge in [-0.1, -0.05) is 46.9 Å². The third-order valence-electron chi connectivity index (χ3n) is 2.65.